The Morgan fingerprint density at radius 2 is 1.70 bits per heavy atom. The van der Waals surface area contributed by atoms with Gasteiger partial charge in [-0.05, 0) is 74.9 Å². The number of benzene rings is 2. The predicted octanol–water partition coefficient (Wildman–Crippen LogP) is 3.67. The van der Waals surface area contributed by atoms with Crippen molar-refractivity contribution < 1.29 is 4.79 Å². The lowest BCUT2D eigenvalue weighted by atomic mass is 9.87. The first kappa shape index (κ1) is 19.9. The van der Waals surface area contributed by atoms with Crippen LogP contribution in [0.3, 0.4) is 0 Å². The van der Waals surface area contributed by atoms with Crippen molar-refractivity contribution in [3.8, 4) is 0 Å². The minimum absolute atomic E-state index is 0.197. The molecule has 1 aliphatic carbocycles. The highest BCUT2D eigenvalue weighted by molar-refractivity contribution is 6.13. The van der Waals surface area contributed by atoms with Crippen LogP contribution in [0.1, 0.15) is 53.6 Å². The quantitative estimate of drug-likeness (QED) is 0.725. The van der Waals surface area contributed by atoms with Gasteiger partial charge >= 0.3 is 0 Å². The van der Waals surface area contributed by atoms with Gasteiger partial charge in [-0.25, -0.2) is 4.99 Å². The predicted molar refractivity (Wildman–Crippen MR) is 122 cm³/mol. The number of rotatable bonds is 3. The Balaban J connectivity index is 1.73. The van der Waals surface area contributed by atoms with Gasteiger partial charge in [0.15, 0.2) is 0 Å². The maximum absolute atomic E-state index is 13.3. The van der Waals surface area contributed by atoms with Gasteiger partial charge in [-0.15, -0.1) is 0 Å². The molecule has 7 heteroatoms. The van der Waals surface area contributed by atoms with E-state index in [4.69, 9.17) is 16.5 Å². The minimum Gasteiger partial charge on any atom is -0.369 e. The van der Waals surface area contributed by atoms with Gasteiger partial charge in [-0.1, -0.05) is 24.6 Å². The third kappa shape index (κ3) is 3.75. The Hall–Kier alpha value is -3.35. The van der Waals surface area contributed by atoms with Gasteiger partial charge in [0, 0.05) is 5.69 Å². The fraction of sp³-hybridized carbons (Fsp3) is 0.348. The lowest BCUT2D eigenvalue weighted by Crippen LogP contribution is -2.58. The van der Waals surface area contributed by atoms with Crippen molar-refractivity contribution in [2.45, 2.75) is 51.6 Å². The molecule has 0 radical (unpaired) electrons. The zero-order valence-corrected chi connectivity index (χ0v) is 17.5. The number of carbonyl (C=O) groups excluding carboxylic acids is 1. The summed E-state index contributed by atoms with van der Waals surface area (Å²) >= 11 is 0. The average molecular weight is 405 g/mol. The normalized spacial score (nSPS) is 18.0. The Kier molecular flexibility index (Phi) is 5.20. The van der Waals surface area contributed by atoms with Gasteiger partial charge < -0.3 is 16.8 Å². The second-order valence-electron chi connectivity index (χ2n) is 8.17. The van der Waals surface area contributed by atoms with Gasteiger partial charge in [-0.3, -0.25) is 9.69 Å². The van der Waals surface area contributed by atoms with Crippen LogP contribution < -0.4 is 21.7 Å². The first-order chi connectivity index (χ1) is 14.4. The highest BCUT2D eigenvalue weighted by Gasteiger charge is 2.43. The van der Waals surface area contributed by atoms with Crippen LogP contribution in [0.4, 0.5) is 11.4 Å². The molecule has 7 nitrogen and oxygen atoms in total. The van der Waals surface area contributed by atoms with Crippen LogP contribution in [-0.2, 0) is 0 Å². The number of amides is 1. The Labute approximate surface area is 176 Å². The molecular formula is C23H28N6O. The second-order valence-corrected chi connectivity index (χ2v) is 8.17. The number of nitrogens with two attached hydrogens (primary N) is 2. The zero-order valence-electron chi connectivity index (χ0n) is 17.5. The molecule has 0 unspecified atom stereocenters. The molecule has 1 fully saturated rings. The van der Waals surface area contributed by atoms with Crippen molar-refractivity contribution >= 4 is 29.2 Å². The molecule has 2 aliphatic rings. The number of hydrogen-bond donors (Lipinski definition) is 3. The van der Waals surface area contributed by atoms with Gasteiger partial charge in [-0.2, -0.15) is 4.99 Å². The van der Waals surface area contributed by atoms with Crippen molar-refractivity contribution in [2.75, 3.05) is 10.2 Å². The number of aliphatic imine (C=N–C) groups is 2. The number of carbonyl (C=O) groups is 1. The smallest absolute Gasteiger partial charge is 0.257 e. The molecule has 1 spiro atoms. The topological polar surface area (TPSA) is 109 Å². The number of nitrogens with one attached hydrogen (secondary N) is 1. The number of anilines is 2. The van der Waals surface area contributed by atoms with Gasteiger partial charge in [0.25, 0.3) is 5.91 Å². The summed E-state index contributed by atoms with van der Waals surface area (Å²) in [5, 5.41) is 3.03. The molecule has 2 aromatic rings. The lowest BCUT2D eigenvalue weighted by Gasteiger charge is -2.46. The molecule has 5 N–H and O–H groups in total. The number of hydrogen-bond acceptors (Lipinski definition) is 6. The van der Waals surface area contributed by atoms with Crippen LogP contribution in [0.5, 0.6) is 0 Å². The molecule has 0 bridgehead atoms. The highest BCUT2D eigenvalue weighted by atomic mass is 16.1. The first-order valence-corrected chi connectivity index (χ1v) is 10.4. The minimum atomic E-state index is -0.593. The van der Waals surface area contributed by atoms with Crippen molar-refractivity contribution in [1.82, 2.24) is 0 Å². The molecular weight excluding hydrogens is 376 g/mol. The van der Waals surface area contributed by atoms with Crippen LogP contribution in [0.2, 0.25) is 0 Å². The van der Waals surface area contributed by atoms with Crippen LogP contribution >= 0.6 is 0 Å². The summed E-state index contributed by atoms with van der Waals surface area (Å²) in [6.45, 7) is 4.02. The summed E-state index contributed by atoms with van der Waals surface area (Å²) in [6, 6.07) is 13.4. The Morgan fingerprint density at radius 3 is 2.40 bits per heavy atom. The van der Waals surface area contributed by atoms with E-state index in [1.54, 1.807) is 6.07 Å². The second kappa shape index (κ2) is 7.82. The molecule has 1 aliphatic heterocycles. The number of guanidine groups is 2. The Bertz CT molecular complexity index is 1020. The SMILES string of the molecule is Cc1cc(C)cc(NC(=O)c2ccccc2N2C(N)=NC(N)=NC23CCCCC3)c1. The summed E-state index contributed by atoms with van der Waals surface area (Å²) in [5.41, 5.74) is 15.9. The molecule has 1 heterocycles. The molecule has 156 valence electrons. The highest BCUT2D eigenvalue weighted by Crippen LogP contribution is 2.40. The van der Waals surface area contributed by atoms with Gasteiger partial charge in [0.1, 0.15) is 5.66 Å². The summed E-state index contributed by atoms with van der Waals surface area (Å²) in [4.78, 5) is 24.1. The number of para-hydroxylation sites is 1. The van der Waals surface area contributed by atoms with E-state index in [2.05, 4.69) is 16.4 Å². The van der Waals surface area contributed by atoms with E-state index in [9.17, 15) is 4.79 Å². The number of aryl methyl sites for hydroxylation is 2. The molecule has 30 heavy (non-hydrogen) atoms. The standard InChI is InChI=1S/C23H28N6O/c1-15-12-16(2)14-17(13-15)26-20(30)18-8-4-5-9-19(18)29-22(25)27-21(24)28-23(29)10-6-3-7-11-23/h4-5,8-9,12-14H,3,6-7,10-11H2,1-2H3,(H,26,30)(H4,24,25,27,28). The molecule has 0 aromatic heterocycles. The van der Waals surface area contributed by atoms with Crippen LogP contribution in [0, 0.1) is 13.8 Å². The van der Waals surface area contributed by atoms with Crippen molar-refractivity contribution in [1.29, 1.82) is 0 Å². The molecule has 4 rings (SSSR count). The van der Waals surface area contributed by atoms with Crippen LogP contribution in [-0.4, -0.2) is 23.5 Å². The number of nitrogens with zero attached hydrogens (tertiary/aromatic N) is 3. The van der Waals surface area contributed by atoms with E-state index in [0.29, 0.717) is 11.3 Å². The van der Waals surface area contributed by atoms with Crippen LogP contribution in [0.25, 0.3) is 0 Å². The molecule has 1 amide bonds. The van der Waals surface area contributed by atoms with Gasteiger partial charge in [0.2, 0.25) is 11.9 Å². The monoisotopic (exact) mass is 404 g/mol. The van der Waals surface area contributed by atoms with E-state index < -0.39 is 5.66 Å². The lowest BCUT2D eigenvalue weighted by molar-refractivity contribution is 0.102. The van der Waals surface area contributed by atoms with Crippen LogP contribution in [0.15, 0.2) is 52.4 Å². The maximum Gasteiger partial charge on any atom is 0.257 e. The molecule has 2 aromatic carbocycles. The van der Waals surface area contributed by atoms with E-state index in [0.717, 1.165) is 48.9 Å². The van der Waals surface area contributed by atoms with Gasteiger partial charge in [0.05, 0.1) is 11.3 Å². The van der Waals surface area contributed by atoms with Crippen molar-refractivity contribution in [3.05, 3.63) is 59.2 Å². The molecule has 1 saturated carbocycles. The third-order valence-corrected chi connectivity index (χ3v) is 5.72. The molecule has 0 atom stereocenters. The fourth-order valence-electron chi connectivity index (χ4n) is 4.58. The first-order valence-electron chi connectivity index (χ1n) is 10.4. The van der Waals surface area contributed by atoms with Crippen molar-refractivity contribution in [3.63, 3.8) is 0 Å². The van der Waals surface area contributed by atoms with E-state index in [1.165, 1.54) is 0 Å². The molecule has 0 saturated heterocycles. The summed E-state index contributed by atoms with van der Waals surface area (Å²) in [6.07, 6.45) is 4.83. The van der Waals surface area contributed by atoms with E-state index in [-0.39, 0.29) is 17.8 Å². The third-order valence-electron chi connectivity index (χ3n) is 5.72. The zero-order chi connectivity index (χ0) is 21.3. The Morgan fingerprint density at radius 1 is 1.03 bits per heavy atom. The summed E-state index contributed by atoms with van der Waals surface area (Å²) in [7, 11) is 0. The summed E-state index contributed by atoms with van der Waals surface area (Å²) in [5.74, 6) is 0.274. The largest absolute Gasteiger partial charge is 0.369 e. The fourth-order valence-corrected chi connectivity index (χ4v) is 4.58. The van der Waals surface area contributed by atoms with E-state index in [1.807, 2.05) is 49.1 Å². The average Bonchev–Trinajstić information content (AvgIpc) is 2.67. The van der Waals surface area contributed by atoms with E-state index >= 15 is 0 Å². The maximum atomic E-state index is 13.3. The van der Waals surface area contributed by atoms with Crippen molar-refractivity contribution in [2.24, 2.45) is 21.5 Å². The summed E-state index contributed by atoms with van der Waals surface area (Å²) < 4.78 is 0.